The molecule has 0 saturated carbocycles. The second-order valence-electron chi connectivity index (χ2n) is 4.88. The molecule has 1 aromatic carbocycles. The van der Waals surface area contributed by atoms with Crippen molar-refractivity contribution in [1.29, 1.82) is 0 Å². The van der Waals surface area contributed by atoms with Crippen molar-refractivity contribution in [3.63, 3.8) is 0 Å². The third-order valence-corrected chi connectivity index (χ3v) is 3.44. The van der Waals surface area contributed by atoms with Gasteiger partial charge in [-0.05, 0) is 5.56 Å². The van der Waals surface area contributed by atoms with Crippen LogP contribution in [-0.2, 0) is 11.3 Å². The third-order valence-electron chi connectivity index (χ3n) is 3.44. The number of imidazole rings is 1. The van der Waals surface area contributed by atoms with Gasteiger partial charge in [0.05, 0.1) is 25.1 Å². The van der Waals surface area contributed by atoms with Gasteiger partial charge >= 0.3 is 0 Å². The average Bonchev–Trinajstić information content (AvgIpc) is 3.03. The molecule has 0 radical (unpaired) electrons. The van der Waals surface area contributed by atoms with Crippen LogP contribution in [0.2, 0.25) is 0 Å². The summed E-state index contributed by atoms with van der Waals surface area (Å²) in [4.78, 5) is 14.0. The van der Waals surface area contributed by atoms with Crippen LogP contribution in [0.25, 0.3) is 11.3 Å². The van der Waals surface area contributed by atoms with Crippen molar-refractivity contribution < 1.29 is 4.74 Å². The van der Waals surface area contributed by atoms with Crippen LogP contribution in [-0.4, -0.2) is 47.1 Å². The van der Waals surface area contributed by atoms with E-state index in [0.29, 0.717) is 25.7 Å². The number of morpholine rings is 1. The zero-order valence-electron chi connectivity index (χ0n) is 11.8. The number of benzene rings is 1. The molecule has 1 aliphatic heterocycles. The van der Waals surface area contributed by atoms with Gasteiger partial charge < -0.3 is 20.4 Å². The fourth-order valence-electron chi connectivity index (χ4n) is 2.26. The lowest BCUT2D eigenvalue weighted by Gasteiger charge is -2.27. The molecule has 2 heterocycles. The Balaban J connectivity index is 1.64. The van der Waals surface area contributed by atoms with Crippen molar-refractivity contribution >= 4 is 5.96 Å². The molecule has 1 saturated heterocycles. The largest absolute Gasteiger partial charge is 0.378 e. The molecule has 3 N–H and O–H groups in total. The maximum Gasteiger partial charge on any atom is 0.191 e. The lowest BCUT2D eigenvalue weighted by molar-refractivity contribution is 0.0674. The highest BCUT2D eigenvalue weighted by atomic mass is 16.5. The topological polar surface area (TPSA) is 79.5 Å². The summed E-state index contributed by atoms with van der Waals surface area (Å²) < 4.78 is 5.29. The molecule has 1 aromatic heterocycles. The van der Waals surface area contributed by atoms with E-state index in [1.807, 2.05) is 41.4 Å². The number of aromatic amines is 1. The van der Waals surface area contributed by atoms with Crippen molar-refractivity contribution in [2.75, 3.05) is 26.3 Å². The first kappa shape index (κ1) is 13.6. The number of aliphatic imine (C=N–C) groups is 1. The number of nitrogens with one attached hydrogen (secondary N) is 1. The molecule has 0 bridgehead atoms. The smallest absolute Gasteiger partial charge is 0.191 e. The Morgan fingerprint density at radius 2 is 2.05 bits per heavy atom. The van der Waals surface area contributed by atoms with Gasteiger partial charge in [-0.1, -0.05) is 30.3 Å². The van der Waals surface area contributed by atoms with Gasteiger partial charge in [0, 0.05) is 13.1 Å². The van der Waals surface area contributed by atoms with Crippen LogP contribution in [0.3, 0.4) is 0 Å². The molecular weight excluding hydrogens is 266 g/mol. The van der Waals surface area contributed by atoms with E-state index in [1.165, 1.54) is 0 Å². The molecule has 2 aromatic rings. The van der Waals surface area contributed by atoms with Crippen molar-refractivity contribution in [2.45, 2.75) is 6.54 Å². The first-order valence-corrected chi connectivity index (χ1v) is 7.05. The Labute approximate surface area is 123 Å². The zero-order chi connectivity index (χ0) is 14.5. The summed E-state index contributed by atoms with van der Waals surface area (Å²) in [7, 11) is 0. The van der Waals surface area contributed by atoms with E-state index in [0.717, 1.165) is 30.2 Å². The summed E-state index contributed by atoms with van der Waals surface area (Å²) >= 11 is 0. The van der Waals surface area contributed by atoms with Gasteiger partial charge in [0.2, 0.25) is 0 Å². The Kier molecular flexibility index (Phi) is 4.16. The minimum absolute atomic E-state index is 0.454. The molecule has 21 heavy (non-hydrogen) atoms. The minimum Gasteiger partial charge on any atom is -0.378 e. The normalized spacial score (nSPS) is 16.2. The lowest BCUT2D eigenvalue weighted by atomic mass is 10.2. The van der Waals surface area contributed by atoms with E-state index < -0.39 is 0 Å². The molecule has 1 aliphatic rings. The molecule has 0 amide bonds. The number of ether oxygens (including phenoxy) is 1. The number of hydrogen-bond donors (Lipinski definition) is 2. The SMILES string of the molecule is NC(=NCc1ncc(-c2ccccc2)[nH]1)N1CCOCC1. The Bertz CT molecular complexity index is 602. The fraction of sp³-hybridized carbons (Fsp3) is 0.333. The van der Waals surface area contributed by atoms with Gasteiger partial charge in [-0.25, -0.2) is 9.98 Å². The van der Waals surface area contributed by atoms with Crippen molar-refractivity contribution in [3.05, 3.63) is 42.4 Å². The summed E-state index contributed by atoms with van der Waals surface area (Å²) in [5.74, 6) is 1.36. The van der Waals surface area contributed by atoms with Gasteiger partial charge in [-0.2, -0.15) is 0 Å². The second-order valence-corrected chi connectivity index (χ2v) is 4.88. The van der Waals surface area contributed by atoms with E-state index >= 15 is 0 Å². The Morgan fingerprint density at radius 1 is 1.29 bits per heavy atom. The van der Waals surface area contributed by atoms with Crippen LogP contribution in [0.5, 0.6) is 0 Å². The van der Waals surface area contributed by atoms with Gasteiger partial charge in [-0.15, -0.1) is 0 Å². The van der Waals surface area contributed by atoms with Gasteiger partial charge in [-0.3, -0.25) is 0 Å². The number of hydrogen-bond acceptors (Lipinski definition) is 3. The number of H-pyrrole nitrogens is 1. The quantitative estimate of drug-likeness (QED) is 0.656. The van der Waals surface area contributed by atoms with Crippen molar-refractivity contribution in [3.8, 4) is 11.3 Å². The summed E-state index contributed by atoms with van der Waals surface area (Å²) in [6.07, 6.45) is 1.82. The van der Waals surface area contributed by atoms with Crippen LogP contribution < -0.4 is 5.73 Å². The van der Waals surface area contributed by atoms with Crippen LogP contribution in [0.4, 0.5) is 0 Å². The van der Waals surface area contributed by atoms with E-state index in [-0.39, 0.29) is 0 Å². The Morgan fingerprint density at radius 3 is 2.81 bits per heavy atom. The summed E-state index contributed by atoms with van der Waals surface area (Å²) in [5.41, 5.74) is 8.10. The van der Waals surface area contributed by atoms with Crippen LogP contribution >= 0.6 is 0 Å². The molecule has 6 heteroatoms. The van der Waals surface area contributed by atoms with Crippen LogP contribution in [0.1, 0.15) is 5.82 Å². The summed E-state index contributed by atoms with van der Waals surface area (Å²) in [6, 6.07) is 10.1. The monoisotopic (exact) mass is 285 g/mol. The Hall–Kier alpha value is -2.34. The fourth-order valence-corrected chi connectivity index (χ4v) is 2.26. The van der Waals surface area contributed by atoms with Crippen molar-refractivity contribution in [2.24, 2.45) is 10.7 Å². The maximum atomic E-state index is 5.99. The second kappa shape index (κ2) is 6.41. The standard InChI is InChI=1S/C15H19N5O/c16-15(20-6-8-21-9-7-20)18-11-14-17-10-13(19-14)12-4-2-1-3-5-12/h1-5,10H,6-9,11H2,(H2,16,18)(H,17,19). The first-order chi connectivity index (χ1) is 10.3. The van der Waals surface area contributed by atoms with E-state index in [9.17, 15) is 0 Å². The molecule has 0 atom stereocenters. The molecule has 6 nitrogen and oxygen atoms in total. The van der Waals surface area contributed by atoms with Gasteiger partial charge in [0.15, 0.2) is 5.96 Å². The maximum absolute atomic E-state index is 5.99. The minimum atomic E-state index is 0.454. The molecular formula is C15H19N5O. The lowest BCUT2D eigenvalue weighted by Crippen LogP contribution is -2.44. The first-order valence-electron chi connectivity index (χ1n) is 7.05. The number of aromatic nitrogens is 2. The molecule has 110 valence electrons. The average molecular weight is 285 g/mol. The molecule has 1 fully saturated rings. The van der Waals surface area contributed by atoms with Gasteiger partial charge in [0.25, 0.3) is 0 Å². The van der Waals surface area contributed by atoms with E-state index in [1.54, 1.807) is 0 Å². The highest BCUT2D eigenvalue weighted by molar-refractivity contribution is 5.78. The number of rotatable bonds is 3. The van der Waals surface area contributed by atoms with Crippen LogP contribution in [0, 0.1) is 0 Å². The molecule has 0 aliphatic carbocycles. The number of nitrogens with two attached hydrogens (primary N) is 1. The summed E-state index contributed by atoms with van der Waals surface area (Å²) in [5, 5.41) is 0. The highest BCUT2D eigenvalue weighted by Gasteiger charge is 2.12. The predicted octanol–water partition coefficient (Wildman–Crippen LogP) is 1.22. The predicted molar refractivity (Wildman–Crippen MR) is 81.7 cm³/mol. The zero-order valence-corrected chi connectivity index (χ0v) is 11.8. The van der Waals surface area contributed by atoms with Crippen molar-refractivity contribution in [1.82, 2.24) is 14.9 Å². The van der Waals surface area contributed by atoms with E-state index in [4.69, 9.17) is 10.5 Å². The van der Waals surface area contributed by atoms with Crippen LogP contribution in [0.15, 0.2) is 41.5 Å². The third kappa shape index (κ3) is 3.41. The summed E-state index contributed by atoms with van der Waals surface area (Å²) in [6.45, 7) is 3.45. The number of nitrogens with zero attached hydrogens (tertiary/aromatic N) is 3. The molecule has 0 unspecified atom stereocenters. The van der Waals surface area contributed by atoms with E-state index in [2.05, 4.69) is 15.0 Å². The van der Waals surface area contributed by atoms with Gasteiger partial charge in [0.1, 0.15) is 12.4 Å². The highest BCUT2D eigenvalue weighted by Crippen LogP contribution is 2.16. The number of guanidine groups is 1. The molecule has 3 rings (SSSR count). The molecule has 0 spiro atoms.